The molecule has 0 saturated heterocycles. The van der Waals surface area contributed by atoms with E-state index in [-0.39, 0.29) is 5.78 Å². The Balaban J connectivity index is 2.45. The molecule has 0 aliphatic heterocycles. The van der Waals surface area contributed by atoms with Crippen molar-refractivity contribution in [2.45, 2.75) is 5.92 Å². The van der Waals surface area contributed by atoms with Gasteiger partial charge in [0.15, 0.2) is 5.78 Å². The zero-order chi connectivity index (χ0) is 14.7. The Kier molecular flexibility index (Phi) is 4.69. The average molecular weight is 397 g/mol. The van der Waals surface area contributed by atoms with E-state index in [0.29, 0.717) is 15.6 Å². The number of carbonyl (C=O) groups excluding carboxylic acids is 1. The summed E-state index contributed by atoms with van der Waals surface area (Å²) < 4.78 is 14.6. The Morgan fingerprint density at radius 1 is 1.20 bits per heavy atom. The van der Waals surface area contributed by atoms with Gasteiger partial charge in [0.05, 0.1) is 6.07 Å². The fraction of sp³-hybridized carbons (Fsp3) is 0.0667. The highest BCUT2D eigenvalue weighted by atomic mass is 79.9. The number of carbonyl (C=O) groups is 1. The molecule has 0 fully saturated rings. The van der Waals surface area contributed by atoms with Crippen LogP contribution in [0.1, 0.15) is 21.8 Å². The van der Waals surface area contributed by atoms with Crippen LogP contribution in [0.3, 0.4) is 0 Å². The molecule has 0 bridgehead atoms. The lowest BCUT2D eigenvalue weighted by Gasteiger charge is -2.10. The van der Waals surface area contributed by atoms with Crippen molar-refractivity contribution in [1.82, 2.24) is 0 Å². The molecule has 2 aromatic rings. The lowest BCUT2D eigenvalue weighted by molar-refractivity contribution is 0.0978. The summed E-state index contributed by atoms with van der Waals surface area (Å²) in [6.45, 7) is 0. The molecule has 20 heavy (non-hydrogen) atoms. The minimum atomic E-state index is -1.03. The predicted octanol–water partition coefficient (Wildman–Crippen LogP) is 4.84. The van der Waals surface area contributed by atoms with Gasteiger partial charge in [0.2, 0.25) is 0 Å². The van der Waals surface area contributed by atoms with Gasteiger partial charge in [0.1, 0.15) is 11.7 Å². The van der Waals surface area contributed by atoms with E-state index < -0.39 is 11.7 Å². The number of hydrogen-bond acceptors (Lipinski definition) is 2. The largest absolute Gasteiger partial charge is 0.292 e. The van der Waals surface area contributed by atoms with Gasteiger partial charge in [0.25, 0.3) is 0 Å². The molecular formula is C15H8Br2FNO. The Bertz CT molecular complexity index is 709. The third-order valence-electron chi connectivity index (χ3n) is 2.77. The molecule has 1 atom stereocenters. The molecular weight excluding hydrogens is 389 g/mol. The van der Waals surface area contributed by atoms with Crippen molar-refractivity contribution in [3.8, 4) is 6.07 Å². The SMILES string of the molecule is N#CC(C(=O)c1cc(Br)ccc1Br)c1cccc(F)c1. The van der Waals surface area contributed by atoms with Crippen molar-refractivity contribution < 1.29 is 9.18 Å². The second-order valence-electron chi connectivity index (χ2n) is 4.11. The topological polar surface area (TPSA) is 40.9 Å². The molecule has 2 nitrogen and oxygen atoms in total. The first kappa shape index (κ1) is 14.9. The third kappa shape index (κ3) is 3.14. The van der Waals surface area contributed by atoms with E-state index in [4.69, 9.17) is 0 Å². The molecule has 0 aromatic heterocycles. The first-order chi connectivity index (χ1) is 9.52. The highest BCUT2D eigenvalue weighted by molar-refractivity contribution is 9.11. The first-order valence-electron chi connectivity index (χ1n) is 5.67. The Labute approximate surface area is 132 Å². The van der Waals surface area contributed by atoms with E-state index in [1.807, 2.05) is 6.07 Å². The van der Waals surface area contributed by atoms with Crippen molar-refractivity contribution in [1.29, 1.82) is 5.26 Å². The van der Waals surface area contributed by atoms with Crippen LogP contribution in [-0.4, -0.2) is 5.78 Å². The fourth-order valence-electron chi connectivity index (χ4n) is 1.81. The van der Waals surface area contributed by atoms with Gasteiger partial charge < -0.3 is 0 Å². The van der Waals surface area contributed by atoms with E-state index in [2.05, 4.69) is 31.9 Å². The summed E-state index contributed by atoms with van der Waals surface area (Å²) in [7, 11) is 0. The lowest BCUT2D eigenvalue weighted by Crippen LogP contribution is -2.12. The van der Waals surface area contributed by atoms with Crippen molar-refractivity contribution >= 4 is 37.6 Å². The highest BCUT2D eigenvalue weighted by Gasteiger charge is 2.24. The number of nitriles is 1. The number of benzene rings is 2. The predicted molar refractivity (Wildman–Crippen MR) is 80.9 cm³/mol. The summed E-state index contributed by atoms with van der Waals surface area (Å²) in [5.74, 6) is -1.87. The van der Waals surface area contributed by atoms with Crippen LogP contribution in [0.25, 0.3) is 0 Å². The molecule has 0 saturated carbocycles. The number of rotatable bonds is 3. The second kappa shape index (κ2) is 6.29. The molecule has 2 rings (SSSR count). The summed E-state index contributed by atoms with van der Waals surface area (Å²) in [6.07, 6.45) is 0. The van der Waals surface area contributed by atoms with Gasteiger partial charge in [-0.2, -0.15) is 5.26 Å². The summed E-state index contributed by atoms with van der Waals surface area (Å²) in [5.41, 5.74) is 0.736. The van der Waals surface area contributed by atoms with Crippen LogP contribution in [0.15, 0.2) is 51.4 Å². The van der Waals surface area contributed by atoms with Crippen LogP contribution >= 0.6 is 31.9 Å². The average Bonchev–Trinajstić information content (AvgIpc) is 2.42. The van der Waals surface area contributed by atoms with Gasteiger partial charge in [-0.3, -0.25) is 4.79 Å². The van der Waals surface area contributed by atoms with Crippen LogP contribution in [-0.2, 0) is 0 Å². The molecule has 0 heterocycles. The van der Waals surface area contributed by atoms with Crippen LogP contribution in [0.4, 0.5) is 4.39 Å². The second-order valence-corrected chi connectivity index (χ2v) is 5.88. The van der Waals surface area contributed by atoms with Crippen molar-refractivity contribution in [3.63, 3.8) is 0 Å². The van der Waals surface area contributed by atoms with Crippen molar-refractivity contribution in [2.24, 2.45) is 0 Å². The maximum absolute atomic E-state index is 13.2. The number of halogens is 3. The molecule has 0 aliphatic rings. The van der Waals surface area contributed by atoms with Crippen LogP contribution < -0.4 is 0 Å². The van der Waals surface area contributed by atoms with Crippen LogP contribution in [0, 0.1) is 17.1 Å². The summed E-state index contributed by atoms with van der Waals surface area (Å²) in [4.78, 5) is 12.5. The molecule has 2 aromatic carbocycles. The van der Waals surface area contributed by atoms with Gasteiger partial charge in [0, 0.05) is 14.5 Å². The maximum Gasteiger partial charge on any atom is 0.185 e. The molecule has 0 N–H and O–H groups in total. The summed E-state index contributed by atoms with van der Waals surface area (Å²) in [5, 5.41) is 9.24. The van der Waals surface area contributed by atoms with Gasteiger partial charge in [-0.05, 0) is 35.9 Å². The van der Waals surface area contributed by atoms with E-state index in [9.17, 15) is 14.4 Å². The zero-order valence-electron chi connectivity index (χ0n) is 10.1. The minimum absolute atomic E-state index is 0.351. The molecule has 0 radical (unpaired) electrons. The van der Waals surface area contributed by atoms with Gasteiger partial charge in [-0.1, -0.05) is 44.0 Å². The van der Waals surface area contributed by atoms with Gasteiger partial charge in [-0.15, -0.1) is 0 Å². The molecule has 100 valence electrons. The summed E-state index contributed by atoms with van der Waals surface area (Å²) >= 11 is 6.58. The third-order valence-corrected chi connectivity index (χ3v) is 3.95. The van der Waals surface area contributed by atoms with E-state index >= 15 is 0 Å². The van der Waals surface area contributed by atoms with E-state index in [1.54, 1.807) is 24.3 Å². The standard InChI is InChI=1S/C15H8Br2FNO/c16-10-4-5-14(17)12(7-10)15(20)13(8-19)9-2-1-3-11(18)6-9/h1-7,13H. The Morgan fingerprint density at radius 2 is 1.95 bits per heavy atom. The van der Waals surface area contributed by atoms with Gasteiger partial charge >= 0.3 is 0 Å². The number of ketones is 1. The highest BCUT2D eigenvalue weighted by Crippen LogP contribution is 2.28. The quantitative estimate of drug-likeness (QED) is 0.696. The van der Waals surface area contributed by atoms with Crippen molar-refractivity contribution in [2.75, 3.05) is 0 Å². The Hall–Kier alpha value is -1.51. The number of nitrogens with zero attached hydrogens (tertiary/aromatic N) is 1. The molecule has 0 spiro atoms. The number of hydrogen-bond donors (Lipinski definition) is 0. The maximum atomic E-state index is 13.2. The van der Waals surface area contributed by atoms with Crippen molar-refractivity contribution in [3.05, 3.63) is 68.4 Å². The van der Waals surface area contributed by atoms with Gasteiger partial charge in [-0.25, -0.2) is 4.39 Å². The van der Waals surface area contributed by atoms with Crippen LogP contribution in [0.2, 0.25) is 0 Å². The Morgan fingerprint density at radius 3 is 2.60 bits per heavy atom. The van der Waals surface area contributed by atoms with E-state index in [1.165, 1.54) is 18.2 Å². The normalized spacial score (nSPS) is 11.7. The smallest absolute Gasteiger partial charge is 0.185 e. The fourth-order valence-corrected chi connectivity index (χ4v) is 2.62. The van der Waals surface area contributed by atoms with Crippen LogP contribution in [0.5, 0.6) is 0 Å². The molecule has 0 aliphatic carbocycles. The summed E-state index contributed by atoms with van der Waals surface area (Å²) in [6, 6.07) is 12.6. The minimum Gasteiger partial charge on any atom is -0.292 e. The lowest BCUT2D eigenvalue weighted by atomic mass is 9.92. The monoisotopic (exact) mass is 395 g/mol. The first-order valence-corrected chi connectivity index (χ1v) is 7.26. The van der Waals surface area contributed by atoms with E-state index in [0.717, 1.165) is 4.47 Å². The molecule has 1 unspecified atom stereocenters. The zero-order valence-corrected chi connectivity index (χ0v) is 13.3. The molecule has 5 heteroatoms. The number of Topliss-reactive ketones (excluding diaryl/α,β-unsaturated/α-hetero) is 1. The molecule has 0 amide bonds.